The van der Waals surface area contributed by atoms with Gasteiger partial charge in [-0.2, -0.15) is 0 Å². The van der Waals surface area contributed by atoms with Crippen molar-refractivity contribution < 1.29 is 13.6 Å². The van der Waals surface area contributed by atoms with E-state index in [9.17, 15) is 13.6 Å². The third kappa shape index (κ3) is 2.22. The summed E-state index contributed by atoms with van der Waals surface area (Å²) < 4.78 is 26.3. The first kappa shape index (κ1) is 12.2. The Bertz CT molecular complexity index is 570. The van der Waals surface area contributed by atoms with Crippen LogP contribution >= 0.6 is 0 Å². The van der Waals surface area contributed by atoms with Gasteiger partial charge in [-0.3, -0.25) is 4.79 Å². The van der Waals surface area contributed by atoms with Gasteiger partial charge in [0.05, 0.1) is 5.56 Å². The van der Waals surface area contributed by atoms with E-state index in [4.69, 9.17) is 5.73 Å². The molecule has 0 unspecified atom stereocenters. The van der Waals surface area contributed by atoms with Crippen molar-refractivity contribution in [2.75, 3.05) is 5.73 Å². The maximum Gasteiger partial charge on any atom is 0.196 e. The maximum absolute atomic E-state index is 13.5. The van der Waals surface area contributed by atoms with Gasteiger partial charge in [-0.1, -0.05) is 0 Å². The molecule has 2 N–H and O–H groups in total. The van der Waals surface area contributed by atoms with Crippen molar-refractivity contribution in [1.29, 1.82) is 0 Å². The summed E-state index contributed by atoms with van der Waals surface area (Å²) >= 11 is 0. The van der Waals surface area contributed by atoms with E-state index in [0.717, 1.165) is 12.1 Å². The van der Waals surface area contributed by atoms with E-state index < -0.39 is 17.4 Å². The predicted molar refractivity (Wildman–Crippen MR) is 65.4 cm³/mol. The van der Waals surface area contributed by atoms with Gasteiger partial charge in [-0.15, -0.1) is 0 Å². The monoisotopic (exact) mass is 247 g/mol. The summed E-state index contributed by atoms with van der Waals surface area (Å²) in [6, 6.07) is 7.64. The highest BCUT2D eigenvalue weighted by atomic mass is 19.1. The molecule has 0 saturated heterocycles. The van der Waals surface area contributed by atoms with Gasteiger partial charge >= 0.3 is 0 Å². The molecule has 2 rings (SSSR count). The number of nitrogen functional groups attached to an aromatic ring is 1. The molecule has 0 amide bonds. The van der Waals surface area contributed by atoms with Gasteiger partial charge in [0.15, 0.2) is 5.78 Å². The molecule has 4 heteroatoms. The van der Waals surface area contributed by atoms with Gasteiger partial charge in [-0.05, 0) is 42.8 Å². The molecule has 0 bridgehead atoms. The van der Waals surface area contributed by atoms with E-state index in [1.807, 2.05) is 0 Å². The largest absolute Gasteiger partial charge is 0.399 e. The lowest BCUT2D eigenvalue weighted by Crippen LogP contribution is -2.07. The average Bonchev–Trinajstić information content (AvgIpc) is 2.28. The lowest BCUT2D eigenvalue weighted by atomic mass is 9.98. The fourth-order valence-electron chi connectivity index (χ4n) is 1.76. The van der Waals surface area contributed by atoms with Crippen molar-refractivity contribution in [3.63, 3.8) is 0 Å². The van der Waals surface area contributed by atoms with Gasteiger partial charge in [0, 0.05) is 17.3 Å². The molecule has 0 saturated carbocycles. The van der Waals surface area contributed by atoms with Gasteiger partial charge < -0.3 is 5.73 Å². The molecular weight excluding hydrogens is 236 g/mol. The van der Waals surface area contributed by atoms with Crippen LogP contribution in [0.3, 0.4) is 0 Å². The Labute approximate surface area is 103 Å². The van der Waals surface area contributed by atoms with Crippen LogP contribution in [0.2, 0.25) is 0 Å². The van der Waals surface area contributed by atoms with E-state index in [1.165, 1.54) is 6.07 Å². The quantitative estimate of drug-likeness (QED) is 0.654. The fraction of sp³-hybridized carbons (Fsp3) is 0.0714. The number of halogens is 2. The van der Waals surface area contributed by atoms with Crippen molar-refractivity contribution in [3.05, 3.63) is 64.7 Å². The number of hydrogen-bond donors (Lipinski definition) is 1. The Balaban J connectivity index is 2.48. The minimum atomic E-state index is -0.865. The molecule has 0 spiro atoms. The number of carbonyl (C=O) groups is 1. The normalized spacial score (nSPS) is 10.4. The molecule has 0 aliphatic rings. The van der Waals surface area contributed by atoms with Crippen molar-refractivity contribution in [3.8, 4) is 0 Å². The van der Waals surface area contributed by atoms with Crippen LogP contribution in [-0.2, 0) is 0 Å². The summed E-state index contributed by atoms with van der Waals surface area (Å²) in [6.45, 7) is 1.71. The Morgan fingerprint density at radius 3 is 2.33 bits per heavy atom. The molecule has 2 nitrogen and oxygen atoms in total. The van der Waals surface area contributed by atoms with Gasteiger partial charge in [-0.25, -0.2) is 8.78 Å². The Hall–Kier alpha value is -2.23. The van der Waals surface area contributed by atoms with E-state index >= 15 is 0 Å². The Morgan fingerprint density at radius 1 is 1.06 bits per heavy atom. The second-order valence-corrected chi connectivity index (χ2v) is 4.03. The number of anilines is 1. The highest BCUT2D eigenvalue weighted by Gasteiger charge is 2.16. The third-order valence-electron chi connectivity index (χ3n) is 2.67. The summed E-state index contributed by atoms with van der Waals surface area (Å²) in [5.41, 5.74) is 6.98. The van der Waals surface area contributed by atoms with E-state index in [0.29, 0.717) is 22.9 Å². The molecule has 0 fully saturated rings. The molecule has 0 heterocycles. The summed E-state index contributed by atoms with van der Waals surface area (Å²) in [5, 5.41) is 0. The van der Waals surface area contributed by atoms with Crippen LogP contribution in [0.25, 0.3) is 0 Å². The molecule has 18 heavy (non-hydrogen) atoms. The number of hydrogen-bond acceptors (Lipinski definition) is 2. The molecule has 92 valence electrons. The molecular formula is C14H11F2NO. The van der Waals surface area contributed by atoms with Crippen LogP contribution in [0.1, 0.15) is 21.5 Å². The minimum absolute atomic E-state index is 0.149. The summed E-state index contributed by atoms with van der Waals surface area (Å²) in [4.78, 5) is 12.1. The first-order chi connectivity index (χ1) is 8.49. The van der Waals surface area contributed by atoms with E-state index in [2.05, 4.69) is 0 Å². The molecule has 0 aliphatic carbocycles. The molecule has 0 radical (unpaired) electrons. The molecule has 2 aromatic carbocycles. The lowest BCUT2D eigenvalue weighted by Gasteiger charge is -2.07. The topological polar surface area (TPSA) is 43.1 Å². The van der Waals surface area contributed by atoms with Crippen molar-refractivity contribution in [1.82, 2.24) is 0 Å². The van der Waals surface area contributed by atoms with Crippen molar-refractivity contribution >= 4 is 11.5 Å². The zero-order valence-corrected chi connectivity index (χ0v) is 9.71. The highest BCUT2D eigenvalue weighted by Crippen LogP contribution is 2.19. The number of aryl methyl sites for hydroxylation is 1. The van der Waals surface area contributed by atoms with Crippen LogP contribution in [-0.4, -0.2) is 5.78 Å². The van der Waals surface area contributed by atoms with E-state index in [1.54, 1.807) is 19.1 Å². The SMILES string of the molecule is Cc1cc(N)ccc1C(=O)c1ccc(F)cc1F. The summed E-state index contributed by atoms with van der Waals surface area (Å²) in [6.07, 6.45) is 0. The van der Waals surface area contributed by atoms with Crippen LogP contribution in [0.5, 0.6) is 0 Å². The molecule has 0 atom stereocenters. The number of benzene rings is 2. The molecule has 0 aromatic heterocycles. The van der Waals surface area contributed by atoms with E-state index in [-0.39, 0.29) is 5.56 Å². The van der Waals surface area contributed by atoms with Crippen LogP contribution < -0.4 is 5.73 Å². The maximum atomic E-state index is 13.5. The Morgan fingerprint density at radius 2 is 1.72 bits per heavy atom. The lowest BCUT2D eigenvalue weighted by molar-refractivity contribution is 0.103. The van der Waals surface area contributed by atoms with Gasteiger partial charge in [0.2, 0.25) is 0 Å². The first-order valence-electron chi connectivity index (χ1n) is 5.35. The smallest absolute Gasteiger partial charge is 0.196 e. The standard InChI is InChI=1S/C14H11F2NO/c1-8-6-10(17)3-5-11(8)14(18)12-4-2-9(15)7-13(12)16/h2-7H,17H2,1H3. The summed E-state index contributed by atoms with van der Waals surface area (Å²) in [5.74, 6) is -2.06. The number of nitrogens with two attached hydrogens (primary N) is 1. The van der Waals surface area contributed by atoms with Crippen molar-refractivity contribution in [2.24, 2.45) is 0 Å². The van der Waals surface area contributed by atoms with Crippen LogP contribution in [0.4, 0.5) is 14.5 Å². The zero-order chi connectivity index (χ0) is 13.3. The second-order valence-electron chi connectivity index (χ2n) is 4.03. The second kappa shape index (κ2) is 4.56. The highest BCUT2D eigenvalue weighted by molar-refractivity contribution is 6.10. The summed E-state index contributed by atoms with van der Waals surface area (Å²) in [7, 11) is 0. The van der Waals surface area contributed by atoms with Crippen molar-refractivity contribution in [2.45, 2.75) is 6.92 Å². The fourth-order valence-corrected chi connectivity index (χ4v) is 1.76. The first-order valence-corrected chi connectivity index (χ1v) is 5.35. The molecule has 0 aliphatic heterocycles. The molecule has 2 aromatic rings. The van der Waals surface area contributed by atoms with Crippen LogP contribution in [0.15, 0.2) is 36.4 Å². The minimum Gasteiger partial charge on any atom is -0.399 e. The number of rotatable bonds is 2. The van der Waals surface area contributed by atoms with Gasteiger partial charge in [0.25, 0.3) is 0 Å². The predicted octanol–water partition coefficient (Wildman–Crippen LogP) is 3.09. The zero-order valence-electron chi connectivity index (χ0n) is 9.71. The van der Waals surface area contributed by atoms with Gasteiger partial charge in [0.1, 0.15) is 11.6 Å². The number of carbonyl (C=O) groups excluding carboxylic acids is 1. The third-order valence-corrected chi connectivity index (χ3v) is 2.67. The number of ketones is 1. The average molecular weight is 247 g/mol. The Kier molecular flexibility index (Phi) is 3.10. The van der Waals surface area contributed by atoms with Crippen LogP contribution in [0, 0.1) is 18.6 Å².